The maximum absolute atomic E-state index is 11.1. The summed E-state index contributed by atoms with van der Waals surface area (Å²) in [4.78, 5) is 101. The molecule has 31 heteroatoms. The molecule has 0 aromatic carbocycles. The number of carboxylic acid groups (broad SMARTS) is 1. The van der Waals surface area contributed by atoms with Crippen LogP contribution in [0.4, 0.5) is 0 Å². The van der Waals surface area contributed by atoms with Gasteiger partial charge in [0, 0.05) is 60.8 Å². The fourth-order valence-corrected chi connectivity index (χ4v) is 5.01. The molecule has 2 saturated heterocycles. The van der Waals surface area contributed by atoms with Crippen LogP contribution in [0.15, 0.2) is 15.0 Å². The van der Waals surface area contributed by atoms with E-state index in [1.165, 1.54) is 25.8 Å². The summed E-state index contributed by atoms with van der Waals surface area (Å²) in [6.07, 6.45) is 1.71. The van der Waals surface area contributed by atoms with Crippen LogP contribution in [0.5, 0.6) is 0 Å². The van der Waals surface area contributed by atoms with Gasteiger partial charge in [0.25, 0.3) is 35.6 Å². The number of nitrogens with one attached hydrogen (secondary N) is 3. The average Bonchev–Trinajstić information content (AvgIpc) is 3.61. The summed E-state index contributed by atoms with van der Waals surface area (Å²) in [6, 6.07) is 2.99. The molecule has 2 aliphatic heterocycles. The van der Waals surface area contributed by atoms with Gasteiger partial charge in [0.1, 0.15) is 30.7 Å². The maximum Gasteiger partial charge on any atom is 0.330 e. The molecule has 0 radical (unpaired) electrons. The van der Waals surface area contributed by atoms with Gasteiger partial charge in [-0.2, -0.15) is 5.06 Å². The molecule has 0 saturated carbocycles. The minimum atomic E-state index is -4.91. The van der Waals surface area contributed by atoms with Crippen molar-refractivity contribution < 1.29 is 114 Å². The van der Waals surface area contributed by atoms with Crippen LogP contribution < -0.4 is 46.1 Å². The molecule has 67 heavy (non-hydrogen) atoms. The second-order valence-corrected chi connectivity index (χ2v) is 16.1. The van der Waals surface area contributed by atoms with Gasteiger partial charge in [-0.05, 0) is 39.7 Å². The molecule has 2 unspecified atom stereocenters. The van der Waals surface area contributed by atoms with Crippen LogP contribution in [0.1, 0.15) is 94.9 Å². The summed E-state index contributed by atoms with van der Waals surface area (Å²) in [6.45, 7) is 17.3. The first kappa shape index (κ1) is 79.4. The smallest absolute Gasteiger partial charge is 0.330 e. The van der Waals surface area contributed by atoms with Gasteiger partial charge in [-0.1, -0.05) is 21.3 Å². The highest BCUT2D eigenvalue weighted by atomic mass is 35.5. The number of aliphatic imine (C=N–C) groups is 3. The van der Waals surface area contributed by atoms with Gasteiger partial charge in [0.15, 0.2) is 0 Å². The molecule has 0 aromatic heterocycles. The van der Waals surface area contributed by atoms with Crippen LogP contribution in [0.25, 0.3) is 0 Å². The molecule has 2 heterocycles. The maximum atomic E-state index is 11.1. The number of rotatable bonds is 13. The van der Waals surface area contributed by atoms with E-state index in [0.29, 0.717) is 25.0 Å². The number of imide groups is 2. The molecule has 0 bridgehead atoms. The number of ether oxygens (including phenoxy) is 1. The Hall–Kier alpha value is -4.71. The number of hydroxylamine groups is 4. The van der Waals surface area contributed by atoms with Gasteiger partial charge in [-0.3, -0.25) is 38.8 Å². The van der Waals surface area contributed by atoms with Gasteiger partial charge in [0.05, 0.1) is 46.0 Å². The molecule has 27 nitrogen and oxygen atoms in total. The minimum absolute atomic E-state index is 0. The van der Waals surface area contributed by atoms with Crippen LogP contribution >= 0.6 is 0 Å². The predicted molar refractivity (Wildman–Crippen MR) is 233 cm³/mol. The van der Waals surface area contributed by atoms with Crippen molar-refractivity contribution in [3.8, 4) is 0 Å². The van der Waals surface area contributed by atoms with Crippen molar-refractivity contribution >= 4 is 79.7 Å². The van der Waals surface area contributed by atoms with E-state index >= 15 is 0 Å². The van der Waals surface area contributed by atoms with Gasteiger partial charge >= 0.3 is 11.9 Å². The third kappa shape index (κ3) is 47.6. The van der Waals surface area contributed by atoms with Crippen molar-refractivity contribution in [1.29, 1.82) is 0 Å². The topological polar surface area (TPSA) is 408 Å². The normalized spacial score (nSPS) is 14.6. The second kappa shape index (κ2) is 45.1. The molecule has 5 amide bonds. The zero-order valence-electron chi connectivity index (χ0n) is 39.1. The highest BCUT2D eigenvalue weighted by Gasteiger charge is 2.45. The van der Waals surface area contributed by atoms with E-state index < -0.39 is 79.1 Å². The number of amides is 5. The molecule has 0 aromatic rings. The lowest BCUT2D eigenvalue weighted by molar-refractivity contribution is -0.858. The molecule has 2 rings (SSSR count). The Morgan fingerprint density at radius 2 is 1.31 bits per heavy atom. The molecule has 396 valence electrons. The number of amidine groups is 1. The lowest BCUT2D eigenvalue weighted by Crippen LogP contribution is -3.05. The standard InChI is InChI=1S/C11H22N2O2.C8H17N3.C6H7NO7S.C4H5NO6S.C3H7NO.C2H4O2.CH5N.CH4.2ClH/c1-5-12-11(15-10(4)14)13-8-6-7-9(2)3;1-4-9-8-10-6-5-7-11(2)3;1-3(8)14-7-5(9)2-4(6(7)10)15(11,12)13;6-3-1-2(12(9,10)11)4(7)5(3)8;1-3(5)4-2;1-2(3)4;1-2;;;/h9H,5-8H2,1-4H3,(H,12,13);4-7H2,1-3H3;4H,2H2,1H3,(H,11,12,13);2,8H,1H2,(H,9,10,11);1-2H3,(H,4,5);1H3,(H,3,4);2H2,1H3;1H4;2*1H/p-3. The summed E-state index contributed by atoms with van der Waals surface area (Å²) in [5, 5.41) is 16.9. The van der Waals surface area contributed by atoms with E-state index in [1.54, 1.807) is 7.05 Å². The number of nitrogens with zero attached hydrogens (tertiary/aromatic N) is 5. The monoisotopic (exact) mass is 1050 g/mol. The Labute approximate surface area is 406 Å². The van der Waals surface area contributed by atoms with Crippen molar-refractivity contribution in [3.63, 3.8) is 0 Å². The summed E-state index contributed by atoms with van der Waals surface area (Å²) in [7, 11) is -2.36. The zero-order valence-corrected chi connectivity index (χ0v) is 42.3. The van der Waals surface area contributed by atoms with Gasteiger partial charge in [0.2, 0.25) is 5.91 Å². The lowest BCUT2D eigenvalue weighted by atomic mass is 10.1. The average molecular weight is 1050 g/mol. The first-order valence-corrected chi connectivity index (χ1v) is 22.1. The van der Waals surface area contributed by atoms with E-state index in [2.05, 4.69) is 70.1 Å². The minimum Gasteiger partial charge on any atom is -1.00 e. The Morgan fingerprint density at radius 1 is 0.866 bits per heavy atom. The quantitative estimate of drug-likeness (QED) is 0.0190. The van der Waals surface area contributed by atoms with Crippen LogP contribution in [-0.4, -0.2) is 177 Å². The number of nitrogens with two attached hydrogens (primary N) is 1. The molecular formula is C36H70Cl2N9O18S2-3. The summed E-state index contributed by atoms with van der Waals surface area (Å²) in [5.41, 5.74) is 4.50. The number of carboxylic acids is 1. The molecule has 7 N–H and O–H groups in total. The first-order chi connectivity index (χ1) is 29.4. The lowest BCUT2D eigenvalue weighted by Gasteiger charge is -2.14. The molecule has 0 aliphatic carbocycles. The number of carbonyl (C=O) groups is 8. The van der Waals surface area contributed by atoms with Crippen LogP contribution in [-0.2, 0) is 68.2 Å². The van der Waals surface area contributed by atoms with Crippen LogP contribution in [0, 0.1) is 5.92 Å². The first-order valence-electron chi connectivity index (χ1n) is 19.2. The predicted octanol–water partition coefficient (Wildman–Crippen LogP) is -8.09. The van der Waals surface area contributed by atoms with Crippen molar-refractivity contribution in [2.45, 2.75) is 105 Å². The van der Waals surface area contributed by atoms with Crippen LogP contribution in [0.2, 0.25) is 0 Å². The van der Waals surface area contributed by atoms with E-state index in [0.717, 1.165) is 52.7 Å². The number of esters is 1. The SMILES string of the molecule is C.CC(=O)O.CC(=O)ON1C(=O)CC(S(=O)(=O)[O-])C1=O.CCN=C=NCCC[NH+](C)C.CCNC(=NCCCC(C)C)OC(C)=O.CN.CNC(C)=O.O=C1CC(S(=O)(=O)[O-])C(=O)N1O.[Cl-].[Cl-]. The summed E-state index contributed by atoms with van der Waals surface area (Å²) < 4.78 is 67.3. The van der Waals surface area contributed by atoms with Crippen LogP contribution in [0.3, 0.4) is 0 Å². The fraction of sp³-hybridized carbons (Fsp3) is 0.722. The number of halogens is 2. The number of hydrogen-bond acceptors (Lipinski definition) is 21. The van der Waals surface area contributed by atoms with Gasteiger partial charge < -0.3 is 69.9 Å². The number of hydrogen-bond donors (Lipinski definition) is 6. The summed E-state index contributed by atoms with van der Waals surface area (Å²) >= 11 is 0. The number of quaternary nitrogens is 1. The van der Waals surface area contributed by atoms with Gasteiger partial charge in [-0.25, -0.2) is 36.6 Å². The van der Waals surface area contributed by atoms with E-state index in [9.17, 15) is 59.5 Å². The fourth-order valence-electron chi connectivity index (χ4n) is 3.62. The third-order valence-electron chi connectivity index (χ3n) is 6.42. The number of carbonyl (C=O) groups excluding carboxylic acids is 7. The highest BCUT2D eigenvalue weighted by molar-refractivity contribution is 7.87. The van der Waals surface area contributed by atoms with Crippen molar-refractivity contribution in [3.05, 3.63) is 0 Å². The van der Waals surface area contributed by atoms with Crippen molar-refractivity contribution in [2.75, 3.05) is 60.9 Å². The molecule has 2 fully saturated rings. The van der Waals surface area contributed by atoms with Crippen molar-refractivity contribution in [2.24, 2.45) is 26.6 Å². The highest BCUT2D eigenvalue weighted by Crippen LogP contribution is 2.19. The molecule has 2 aliphatic rings. The van der Waals surface area contributed by atoms with Crippen molar-refractivity contribution in [1.82, 2.24) is 20.8 Å². The molecular weight excluding hydrogens is 981 g/mol. The summed E-state index contributed by atoms with van der Waals surface area (Å²) in [5.74, 6) is -6.25. The Bertz CT molecular complexity index is 1790. The number of aliphatic carboxylic acids is 1. The molecule has 2 atom stereocenters. The van der Waals surface area contributed by atoms with E-state index in [4.69, 9.17) is 19.8 Å². The largest absolute Gasteiger partial charge is 1.00 e. The Kier molecular flexibility index (Phi) is 53.4. The second-order valence-electron chi connectivity index (χ2n) is 13.0. The zero-order chi connectivity index (χ0) is 51.4. The Morgan fingerprint density at radius 3 is 1.61 bits per heavy atom. The molecule has 0 spiro atoms. The van der Waals surface area contributed by atoms with Gasteiger partial charge in [-0.15, -0.1) is 5.06 Å². The van der Waals surface area contributed by atoms with E-state index in [1.807, 2.05) is 13.8 Å². The van der Waals surface area contributed by atoms with E-state index in [-0.39, 0.29) is 54.2 Å². The Balaban J connectivity index is -0.000000106. The third-order valence-corrected chi connectivity index (χ3v) is 8.55.